The predicted molar refractivity (Wildman–Crippen MR) is 100 cm³/mol. The van der Waals surface area contributed by atoms with E-state index in [9.17, 15) is 27.6 Å². The second kappa shape index (κ2) is 7.66. The predicted octanol–water partition coefficient (Wildman–Crippen LogP) is 3.74. The summed E-state index contributed by atoms with van der Waals surface area (Å²) in [7, 11) is 0. The number of pyridine rings is 1. The topological polar surface area (TPSA) is 101 Å². The van der Waals surface area contributed by atoms with Gasteiger partial charge >= 0.3 is 12.1 Å². The van der Waals surface area contributed by atoms with Crippen molar-refractivity contribution < 1.29 is 27.5 Å². The van der Waals surface area contributed by atoms with Crippen molar-refractivity contribution in [3.63, 3.8) is 0 Å². The number of ether oxygens (including phenoxy) is 1. The smallest absolute Gasteiger partial charge is 0.416 e. The molecule has 3 aromatic rings. The van der Waals surface area contributed by atoms with Crippen LogP contribution in [0.25, 0.3) is 10.9 Å². The van der Waals surface area contributed by atoms with Crippen LogP contribution in [0.1, 0.15) is 38.2 Å². The first kappa shape index (κ1) is 20.5. The second-order valence-electron chi connectivity index (χ2n) is 5.90. The zero-order chi connectivity index (χ0) is 21.3. The molecule has 1 amide bonds. The number of nitrogens with one attached hydrogen (secondary N) is 2. The lowest BCUT2D eigenvalue weighted by atomic mass is 10.1. The Labute approximate surface area is 165 Å². The molecule has 152 valence electrons. The number of aryl methyl sites for hydroxylation is 1. The number of esters is 1. The van der Waals surface area contributed by atoms with E-state index in [0.29, 0.717) is 5.69 Å². The molecule has 0 aliphatic heterocycles. The summed E-state index contributed by atoms with van der Waals surface area (Å²) < 4.78 is 43.3. The first-order valence-corrected chi connectivity index (χ1v) is 9.12. The number of hydrogen-bond donors (Lipinski definition) is 2. The maximum atomic E-state index is 12.8. The van der Waals surface area contributed by atoms with Crippen molar-refractivity contribution in [2.75, 3.05) is 11.9 Å². The fourth-order valence-electron chi connectivity index (χ4n) is 2.57. The molecule has 7 nitrogen and oxygen atoms in total. The molecule has 0 saturated carbocycles. The van der Waals surface area contributed by atoms with Gasteiger partial charge in [-0.25, -0.2) is 9.78 Å². The fourth-order valence-corrected chi connectivity index (χ4v) is 3.42. The highest BCUT2D eigenvalue weighted by Crippen LogP contribution is 2.30. The maximum absolute atomic E-state index is 12.8. The molecular formula is C18H14F3N3O4S. The third kappa shape index (κ3) is 4.14. The van der Waals surface area contributed by atoms with Gasteiger partial charge in [0.15, 0.2) is 5.13 Å². The standard InChI is InChI=1S/C18H14F3N3O4S/c1-3-28-16(27)14-8(2)23-17(29-14)24-15(26)11-7-22-12-6-9(18(19,20)21)4-5-10(12)13(11)25/h4-7H,3H2,1-2H3,(H,22,25)(H,23,24,26). The number of alkyl halides is 3. The first-order valence-electron chi connectivity index (χ1n) is 8.30. The van der Waals surface area contributed by atoms with Gasteiger partial charge < -0.3 is 9.72 Å². The Hall–Kier alpha value is -3.21. The van der Waals surface area contributed by atoms with E-state index in [2.05, 4.69) is 15.3 Å². The summed E-state index contributed by atoms with van der Waals surface area (Å²) in [6.07, 6.45) is -3.52. The minimum absolute atomic E-state index is 0.0453. The highest BCUT2D eigenvalue weighted by atomic mass is 32.1. The van der Waals surface area contributed by atoms with E-state index in [-0.39, 0.29) is 33.1 Å². The molecule has 0 fully saturated rings. The number of fused-ring (bicyclic) bond motifs is 1. The van der Waals surface area contributed by atoms with Crippen LogP contribution in [-0.2, 0) is 10.9 Å². The molecule has 3 rings (SSSR count). The minimum Gasteiger partial charge on any atom is -0.462 e. The van der Waals surface area contributed by atoms with E-state index in [1.807, 2.05) is 0 Å². The lowest BCUT2D eigenvalue weighted by Gasteiger charge is -2.08. The van der Waals surface area contributed by atoms with Gasteiger partial charge in [-0.15, -0.1) is 0 Å². The Morgan fingerprint density at radius 3 is 2.69 bits per heavy atom. The largest absolute Gasteiger partial charge is 0.462 e. The summed E-state index contributed by atoms with van der Waals surface area (Å²) in [6.45, 7) is 3.40. The maximum Gasteiger partial charge on any atom is 0.416 e. The van der Waals surface area contributed by atoms with Gasteiger partial charge in [-0.3, -0.25) is 14.9 Å². The van der Waals surface area contributed by atoms with Crippen molar-refractivity contribution in [3.8, 4) is 0 Å². The van der Waals surface area contributed by atoms with E-state index in [0.717, 1.165) is 35.7 Å². The van der Waals surface area contributed by atoms with Crippen molar-refractivity contribution in [2.24, 2.45) is 0 Å². The number of amides is 1. The van der Waals surface area contributed by atoms with Gasteiger partial charge in [0, 0.05) is 17.1 Å². The van der Waals surface area contributed by atoms with Gasteiger partial charge in [-0.1, -0.05) is 11.3 Å². The van der Waals surface area contributed by atoms with Crippen LogP contribution in [-0.4, -0.2) is 28.5 Å². The number of aromatic nitrogens is 2. The lowest BCUT2D eigenvalue weighted by molar-refractivity contribution is -0.137. The minimum atomic E-state index is -4.56. The van der Waals surface area contributed by atoms with Gasteiger partial charge in [-0.2, -0.15) is 13.2 Å². The first-order chi connectivity index (χ1) is 13.6. The number of nitrogens with zero attached hydrogens (tertiary/aromatic N) is 1. The van der Waals surface area contributed by atoms with Crippen molar-refractivity contribution in [2.45, 2.75) is 20.0 Å². The number of aromatic amines is 1. The van der Waals surface area contributed by atoms with Gasteiger partial charge in [-0.05, 0) is 32.0 Å². The summed E-state index contributed by atoms with van der Waals surface area (Å²) in [5, 5.41) is 2.44. The highest BCUT2D eigenvalue weighted by molar-refractivity contribution is 7.17. The Bertz CT molecular complexity index is 1170. The van der Waals surface area contributed by atoms with E-state index < -0.39 is 29.0 Å². The highest BCUT2D eigenvalue weighted by Gasteiger charge is 2.31. The van der Waals surface area contributed by atoms with E-state index in [1.54, 1.807) is 13.8 Å². The Morgan fingerprint density at radius 2 is 2.03 bits per heavy atom. The monoisotopic (exact) mass is 425 g/mol. The molecule has 1 aromatic carbocycles. The van der Waals surface area contributed by atoms with E-state index in [4.69, 9.17) is 4.74 Å². The molecule has 2 heterocycles. The fraction of sp³-hybridized carbons (Fsp3) is 0.222. The number of hydrogen-bond acceptors (Lipinski definition) is 6. The molecule has 0 aliphatic carbocycles. The van der Waals surface area contributed by atoms with Crippen molar-refractivity contribution in [1.29, 1.82) is 0 Å². The molecule has 0 atom stereocenters. The summed E-state index contributed by atoms with van der Waals surface area (Å²) in [4.78, 5) is 43.6. The number of rotatable bonds is 4. The summed E-state index contributed by atoms with van der Waals surface area (Å²) in [5.74, 6) is -1.38. The number of thiazole rings is 1. The average Bonchev–Trinajstić information content (AvgIpc) is 3.01. The van der Waals surface area contributed by atoms with Gasteiger partial charge in [0.25, 0.3) is 5.91 Å². The summed E-state index contributed by atoms with van der Waals surface area (Å²) in [5.41, 5.74) is -1.64. The van der Waals surface area contributed by atoms with Crippen LogP contribution in [0.5, 0.6) is 0 Å². The third-order valence-electron chi connectivity index (χ3n) is 3.93. The van der Waals surface area contributed by atoms with Crippen LogP contribution in [0, 0.1) is 6.92 Å². The molecule has 0 spiro atoms. The van der Waals surface area contributed by atoms with Crippen LogP contribution in [0.4, 0.5) is 18.3 Å². The number of anilines is 1. The van der Waals surface area contributed by atoms with Crippen LogP contribution in [0.2, 0.25) is 0 Å². The number of carbonyl (C=O) groups excluding carboxylic acids is 2. The molecule has 0 saturated heterocycles. The Balaban J connectivity index is 1.90. The van der Waals surface area contributed by atoms with Gasteiger partial charge in [0.2, 0.25) is 5.43 Å². The van der Waals surface area contributed by atoms with E-state index in [1.165, 1.54) is 0 Å². The zero-order valence-electron chi connectivity index (χ0n) is 15.1. The number of H-pyrrole nitrogens is 1. The van der Waals surface area contributed by atoms with Crippen LogP contribution >= 0.6 is 11.3 Å². The number of benzene rings is 1. The van der Waals surface area contributed by atoms with Gasteiger partial charge in [0.05, 0.1) is 17.9 Å². The number of halogens is 3. The molecule has 0 unspecified atom stereocenters. The number of carbonyl (C=O) groups is 2. The molecular weight excluding hydrogens is 411 g/mol. The molecule has 11 heteroatoms. The van der Waals surface area contributed by atoms with Crippen LogP contribution < -0.4 is 10.7 Å². The zero-order valence-corrected chi connectivity index (χ0v) is 16.0. The summed E-state index contributed by atoms with van der Waals surface area (Å²) in [6, 6.07) is 2.59. The molecule has 2 aromatic heterocycles. The summed E-state index contributed by atoms with van der Waals surface area (Å²) >= 11 is 0.890. The Kier molecular flexibility index (Phi) is 5.42. The van der Waals surface area contributed by atoms with E-state index >= 15 is 0 Å². The molecule has 2 N–H and O–H groups in total. The van der Waals surface area contributed by atoms with Gasteiger partial charge in [0.1, 0.15) is 10.4 Å². The Morgan fingerprint density at radius 1 is 1.31 bits per heavy atom. The SMILES string of the molecule is CCOC(=O)c1sc(NC(=O)c2c[nH]c3cc(C(F)(F)F)ccc3c2=O)nc1C. The normalized spacial score (nSPS) is 11.5. The van der Waals surface area contributed by atoms with Crippen LogP contribution in [0.3, 0.4) is 0 Å². The molecule has 29 heavy (non-hydrogen) atoms. The van der Waals surface area contributed by atoms with Crippen molar-refractivity contribution in [3.05, 3.63) is 56.3 Å². The van der Waals surface area contributed by atoms with Crippen LogP contribution in [0.15, 0.2) is 29.2 Å². The molecule has 0 radical (unpaired) electrons. The average molecular weight is 425 g/mol. The second-order valence-corrected chi connectivity index (χ2v) is 6.90. The quantitative estimate of drug-likeness (QED) is 0.620. The third-order valence-corrected chi connectivity index (χ3v) is 4.98. The van der Waals surface area contributed by atoms with Crippen molar-refractivity contribution >= 4 is 39.2 Å². The lowest BCUT2D eigenvalue weighted by Crippen LogP contribution is -2.22. The molecule has 0 aliphatic rings. The van der Waals surface area contributed by atoms with Crippen molar-refractivity contribution in [1.82, 2.24) is 9.97 Å². The molecule has 0 bridgehead atoms.